The summed E-state index contributed by atoms with van der Waals surface area (Å²) in [6.45, 7) is 0.261. The van der Waals surface area contributed by atoms with Crippen LogP contribution in [0.15, 0.2) is 70.5 Å². The summed E-state index contributed by atoms with van der Waals surface area (Å²) in [5.74, 6) is -0.164. The van der Waals surface area contributed by atoms with Crippen molar-refractivity contribution in [3.05, 3.63) is 82.9 Å². The van der Waals surface area contributed by atoms with Gasteiger partial charge in [0.25, 0.3) is 5.91 Å². The minimum atomic E-state index is -4.88. The lowest BCUT2D eigenvalue weighted by Gasteiger charge is -2.18. The number of amides is 3. The van der Waals surface area contributed by atoms with Crippen molar-refractivity contribution in [1.29, 1.82) is 0 Å². The van der Waals surface area contributed by atoms with Gasteiger partial charge in [0.2, 0.25) is 0 Å². The fourth-order valence-corrected chi connectivity index (χ4v) is 5.34. The highest BCUT2D eigenvalue weighted by Crippen LogP contribution is 2.42. The van der Waals surface area contributed by atoms with E-state index in [4.69, 9.17) is 0 Å². The summed E-state index contributed by atoms with van der Waals surface area (Å²) in [4.78, 5) is 28.5. The molecule has 0 spiro atoms. The van der Waals surface area contributed by atoms with Crippen LogP contribution in [-0.2, 0) is 18.8 Å². The molecule has 0 aliphatic carbocycles. The van der Waals surface area contributed by atoms with Gasteiger partial charge in [-0.15, -0.1) is 0 Å². The number of carbonyl (C=O) groups excluding carboxylic acids is 2. The van der Waals surface area contributed by atoms with Gasteiger partial charge in [-0.2, -0.15) is 26.3 Å². The van der Waals surface area contributed by atoms with Gasteiger partial charge in [0.15, 0.2) is 0 Å². The van der Waals surface area contributed by atoms with Crippen LogP contribution >= 0.6 is 11.8 Å². The second-order valence-electron chi connectivity index (χ2n) is 9.25. The monoisotopic (exact) mass is 581 g/mol. The number of aryl methyl sites for hydroxylation is 1. The highest BCUT2D eigenvalue weighted by atomic mass is 32.2. The lowest BCUT2D eigenvalue weighted by atomic mass is 10.0. The summed E-state index contributed by atoms with van der Waals surface area (Å²) < 4.78 is 78.1. The van der Waals surface area contributed by atoms with Crippen molar-refractivity contribution >= 4 is 35.1 Å². The molecule has 12 heteroatoms. The number of halogens is 6. The standard InChI is InChI=1S/C28H25F6N3O2S/c1-37-22-16-20(10-11-24(22)40-23-9-5-4-8-21(23)25(37)38)36-26(39)35-12-6-2-3-7-17-13-18(27(29,30)31)15-19(14-17)28(32,33)34/h4-5,8-11,13-16H,2-3,6-7,12H2,1H3,(H2,35,36,39). The molecule has 0 saturated carbocycles. The summed E-state index contributed by atoms with van der Waals surface area (Å²) >= 11 is 1.46. The third-order valence-corrected chi connectivity index (χ3v) is 7.44. The third kappa shape index (κ3) is 7.09. The highest BCUT2D eigenvalue weighted by molar-refractivity contribution is 7.99. The largest absolute Gasteiger partial charge is 0.416 e. The van der Waals surface area contributed by atoms with Crippen LogP contribution in [0.4, 0.5) is 42.5 Å². The molecule has 0 saturated heterocycles. The number of carbonyl (C=O) groups is 2. The van der Waals surface area contributed by atoms with E-state index in [1.807, 2.05) is 18.2 Å². The number of nitrogens with one attached hydrogen (secondary N) is 2. The zero-order valence-corrected chi connectivity index (χ0v) is 22.1. The van der Waals surface area contributed by atoms with E-state index in [0.717, 1.165) is 21.9 Å². The SMILES string of the molecule is CN1C(=O)c2ccccc2Sc2ccc(NC(=O)NCCCCCc3cc(C(F)(F)F)cc(C(F)(F)F)c3)cc21. The minimum absolute atomic E-state index is 0.0410. The maximum atomic E-state index is 13.0. The number of urea groups is 1. The molecule has 0 radical (unpaired) electrons. The van der Waals surface area contributed by atoms with Gasteiger partial charge < -0.3 is 15.5 Å². The lowest BCUT2D eigenvalue weighted by molar-refractivity contribution is -0.143. The van der Waals surface area contributed by atoms with Crippen LogP contribution in [-0.4, -0.2) is 25.5 Å². The van der Waals surface area contributed by atoms with E-state index in [2.05, 4.69) is 10.6 Å². The molecule has 5 nitrogen and oxygen atoms in total. The number of fused-ring (bicyclic) bond motifs is 2. The normalized spacial score (nSPS) is 13.4. The Kier molecular flexibility index (Phi) is 8.67. The van der Waals surface area contributed by atoms with E-state index in [1.165, 1.54) is 16.7 Å². The van der Waals surface area contributed by atoms with Crippen LogP contribution in [0.25, 0.3) is 0 Å². The first-order valence-electron chi connectivity index (χ1n) is 12.3. The molecule has 1 aliphatic rings. The predicted octanol–water partition coefficient (Wildman–Crippen LogP) is 8.00. The molecule has 3 aromatic carbocycles. The van der Waals surface area contributed by atoms with Gasteiger partial charge >= 0.3 is 18.4 Å². The van der Waals surface area contributed by atoms with Crippen molar-refractivity contribution in [2.45, 2.75) is 47.8 Å². The molecule has 1 heterocycles. The first-order chi connectivity index (χ1) is 18.8. The summed E-state index contributed by atoms with van der Waals surface area (Å²) in [5.41, 5.74) is -0.980. The van der Waals surface area contributed by atoms with Gasteiger partial charge in [-0.25, -0.2) is 4.79 Å². The second kappa shape index (κ2) is 11.8. The number of alkyl halides is 6. The molecule has 3 aromatic rings. The number of nitrogens with zero attached hydrogens (tertiary/aromatic N) is 1. The molecule has 40 heavy (non-hydrogen) atoms. The Bertz CT molecular complexity index is 1380. The molecule has 2 N–H and O–H groups in total. The zero-order chi connectivity index (χ0) is 29.1. The van der Waals surface area contributed by atoms with E-state index >= 15 is 0 Å². The smallest absolute Gasteiger partial charge is 0.338 e. The highest BCUT2D eigenvalue weighted by Gasteiger charge is 2.36. The Labute approximate surface area is 230 Å². The molecule has 1 aliphatic heterocycles. The molecular weight excluding hydrogens is 556 g/mol. The first kappa shape index (κ1) is 29.3. The predicted molar refractivity (Wildman–Crippen MR) is 141 cm³/mol. The van der Waals surface area contributed by atoms with Crippen LogP contribution < -0.4 is 15.5 Å². The molecule has 212 valence electrons. The average Bonchev–Trinajstić information content (AvgIpc) is 2.99. The maximum Gasteiger partial charge on any atom is 0.416 e. The first-order valence-corrected chi connectivity index (χ1v) is 13.2. The van der Waals surface area contributed by atoms with E-state index < -0.39 is 29.5 Å². The van der Waals surface area contributed by atoms with Crippen molar-refractivity contribution in [2.75, 3.05) is 23.8 Å². The van der Waals surface area contributed by atoms with Gasteiger partial charge in [-0.1, -0.05) is 30.3 Å². The maximum absolute atomic E-state index is 13.0. The van der Waals surface area contributed by atoms with Gasteiger partial charge in [0.05, 0.1) is 22.4 Å². The molecule has 0 aromatic heterocycles. The fourth-order valence-electron chi connectivity index (χ4n) is 4.26. The van der Waals surface area contributed by atoms with Crippen LogP contribution in [0.5, 0.6) is 0 Å². The van der Waals surface area contributed by atoms with Crippen molar-refractivity contribution in [3.63, 3.8) is 0 Å². The van der Waals surface area contributed by atoms with Crippen molar-refractivity contribution in [3.8, 4) is 0 Å². The van der Waals surface area contributed by atoms with Gasteiger partial charge in [0, 0.05) is 29.1 Å². The topological polar surface area (TPSA) is 61.4 Å². The Balaban J connectivity index is 1.26. The summed E-state index contributed by atoms with van der Waals surface area (Å²) in [7, 11) is 1.66. The van der Waals surface area contributed by atoms with Crippen molar-refractivity contribution in [1.82, 2.24) is 5.32 Å². The number of benzene rings is 3. The number of rotatable bonds is 7. The summed E-state index contributed by atoms with van der Waals surface area (Å²) in [6.07, 6.45) is -8.38. The van der Waals surface area contributed by atoms with Gasteiger partial charge in [-0.05, 0) is 73.4 Å². The van der Waals surface area contributed by atoms with Crippen LogP contribution in [0.2, 0.25) is 0 Å². The fraction of sp³-hybridized carbons (Fsp3) is 0.286. The average molecular weight is 582 g/mol. The Hall–Kier alpha value is -3.67. The molecular formula is C28H25F6N3O2S. The molecule has 0 bridgehead atoms. The number of unbranched alkanes of at least 4 members (excludes halogenated alkanes) is 2. The molecule has 3 amide bonds. The van der Waals surface area contributed by atoms with Crippen molar-refractivity contribution in [2.24, 2.45) is 0 Å². The van der Waals surface area contributed by atoms with Crippen molar-refractivity contribution < 1.29 is 35.9 Å². The Morgan fingerprint density at radius 2 is 1.52 bits per heavy atom. The minimum Gasteiger partial charge on any atom is -0.338 e. The Morgan fingerprint density at radius 3 is 2.20 bits per heavy atom. The molecule has 0 unspecified atom stereocenters. The Morgan fingerprint density at radius 1 is 0.850 bits per heavy atom. The third-order valence-electron chi connectivity index (χ3n) is 6.30. The van der Waals surface area contributed by atoms with Gasteiger partial charge in [0.1, 0.15) is 0 Å². The second-order valence-corrected chi connectivity index (χ2v) is 10.3. The van der Waals surface area contributed by atoms with E-state index in [1.54, 1.807) is 31.3 Å². The van der Waals surface area contributed by atoms with Crippen LogP contribution in [0.3, 0.4) is 0 Å². The van der Waals surface area contributed by atoms with E-state index in [0.29, 0.717) is 36.2 Å². The van der Waals surface area contributed by atoms with Gasteiger partial charge in [-0.3, -0.25) is 4.79 Å². The molecule has 4 rings (SSSR count). The molecule has 0 fully saturated rings. The van der Waals surface area contributed by atoms with E-state index in [-0.39, 0.29) is 30.5 Å². The zero-order valence-electron chi connectivity index (χ0n) is 21.2. The quantitative estimate of drug-likeness (QED) is 0.220. The summed E-state index contributed by atoms with van der Waals surface area (Å²) in [5, 5.41) is 5.40. The number of hydrogen-bond donors (Lipinski definition) is 2. The number of hydrogen-bond acceptors (Lipinski definition) is 3. The van der Waals surface area contributed by atoms with E-state index in [9.17, 15) is 35.9 Å². The summed E-state index contributed by atoms with van der Waals surface area (Å²) in [6, 6.07) is 13.7. The lowest BCUT2D eigenvalue weighted by Crippen LogP contribution is -2.30. The number of anilines is 2. The van der Waals surface area contributed by atoms with Crippen LogP contribution in [0, 0.1) is 0 Å². The molecule has 0 atom stereocenters. The van der Waals surface area contributed by atoms with Crippen LogP contribution in [0.1, 0.15) is 46.3 Å².